The number of aryl methyl sites for hydroxylation is 1. The van der Waals surface area contributed by atoms with Crippen LogP contribution in [0.15, 0.2) is 52.9 Å². The molecule has 3 N–H and O–H groups in total. The smallest absolute Gasteiger partial charge is 0.407 e. The zero-order chi connectivity index (χ0) is 34.7. The number of likely N-dealkylation sites (N-methyl/N-ethyl adjacent to an activating group) is 1. The molecule has 4 unspecified atom stereocenters. The van der Waals surface area contributed by atoms with Crippen molar-refractivity contribution in [1.29, 1.82) is 0 Å². The number of carbonyl (C=O) groups excluding carboxylic acids is 3. The third-order valence-corrected chi connectivity index (χ3v) is 8.25. The number of anilines is 1. The van der Waals surface area contributed by atoms with Crippen molar-refractivity contribution >= 4 is 40.9 Å². The molecule has 0 aliphatic carbocycles. The quantitative estimate of drug-likeness (QED) is 0.176. The summed E-state index contributed by atoms with van der Waals surface area (Å²) < 4.78 is 23.1. The number of aromatic carboxylic acids is 1. The highest BCUT2D eigenvalue weighted by Gasteiger charge is 2.38. The highest BCUT2D eigenvalue weighted by molar-refractivity contribution is 5.98. The van der Waals surface area contributed by atoms with E-state index in [4.69, 9.17) is 14.3 Å². The number of rotatable bonds is 12. The van der Waals surface area contributed by atoms with Crippen molar-refractivity contribution in [3.8, 4) is 0 Å². The number of carboxylic acid groups (broad SMARTS) is 1. The van der Waals surface area contributed by atoms with E-state index in [9.17, 15) is 23.6 Å². The molecule has 4 atom stereocenters. The molecule has 1 aromatic heterocycles. The van der Waals surface area contributed by atoms with Gasteiger partial charge in [0.25, 0.3) is 0 Å². The molecule has 1 aliphatic rings. The number of carboxylic acids is 1. The summed E-state index contributed by atoms with van der Waals surface area (Å²) in [6.07, 6.45) is 4.02. The zero-order valence-corrected chi connectivity index (χ0v) is 28.2. The molecule has 0 bridgehead atoms. The number of aldehydes is 1. The summed E-state index contributed by atoms with van der Waals surface area (Å²) in [7, 11) is 1.97. The summed E-state index contributed by atoms with van der Waals surface area (Å²) in [5.41, 5.74) is 2.92. The SMILES string of the molecule is CCC(C=O)CCCC(CF)NC(=O)OC(C)(C)C.Cc1ccccc1C1CCN(C)C1C(=O)Nc1ccc2oc(C(=O)O)cc2c1. The van der Waals surface area contributed by atoms with Crippen LogP contribution in [0.1, 0.15) is 87.4 Å². The third kappa shape index (κ3) is 10.9. The van der Waals surface area contributed by atoms with Crippen molar-refractivity contribution in [2.75, 3.05) is 25.6 Å². The molecule has 256 valence electrons. The largest absolute Gasteiger partial charge is 0.475 e. The molecule has 3 aromatic rings. The van der Waals surface area contributed by atoms with Gasteiger partial charge < -0.3 is 29.7 Å². The maximum absolute atomic E-state index is 13.1. The van der Waals surface area contributed by atoms with Gasteiger partial charge in [-0.3, -0.25) is 9.69 Å². The van der Waals surface area contributed by atoms with Crippen molar-refractivity contribution in [2.24, 2.45) is 5.92 Å². The fourth-order valence-corrected chi connectivity index (χ4v) is 5.76. The van der Waals surface area contributed by atoms with Gasteiger partial charge in [0, 0.05) is 22.9 Å². The molecule has 1 aliphatic heterocycles. The standard InChI is InChI=1S/C22H22N2O4.C14H26FNO3/c1-13-5-3-4-6-16(13)17-9-10-24(2)20(17)21(25)23-15-7-8-18-14(11-15)12-19(28-18)22(26)27;1-5-11(10-17)7-6-8-12(9-15)16-13(18)19-14(2,3)4/h3-8,11-12,17,20H,9-10H2,1-2H3,(H,23,25)(H,26,27);10-12H,5-9H2,1-4H3,(H,16,18). The minimum absolute atomic E-state index is 0.0294. The number of hydrogen-bond acceptors (Lipinski definition) is 7. The number of carbonyl (C=O) groups is 4. The maximum atomic E-state index is 13.1. The van der Waals surface area contributed by atoms with Gasteiger partial charge in [0.1, 0.15) is 24.1 Å². The number of amides is 2. The van der Waals surface area contributed by atoms with E-state index < -0.39 is 30.4 Å². The van der Waals surface area contributed by atoms with Crippen molar-refractivity contribution in [3.05, 3.63) is 65.4 Å². The fourth-order valence-electron chi connectivity index (χ4n) is 5.76. The number of benzene rings is 2. The van der Waals surface area contributed by atoms with Gasteiger partial charge in [-0.1, -0.05) is 37.6 Å². The number of alkyl carbamates (subject to hydrolysis) is 1. The molecule has 0 radical (unpaired) electrons. The van der Waals surface area contributed by atoms with Crippen molar-refractivity contribution in [1.82, 2.24) is 10.2 Å². The van der Waals surface area contributed by atoms with Crippen molar-refractivity contribution in [2.45, 2.75) is 90.3 Å². The third-order valence-electron chi connectivity index (χ3n) is 8.25. The number of halogens is 1. The second-order valence-electron chi connectivity index (χ2n) is 13.1. The maximum Gasteiger partial charge on any atom is 0.407 e. The fraction of sp³-hybridized carbons (Fsp3) is 0.500. The molecular weight excluding hydrogens is 605 g/mol. The Balaban J connectivity index is 0.000000279. The van der Waals surface area contributed by atoms with E-state index in [1.165, 1.54) is 17.2 Å². The Morgan fingerprint density at radius 3 is 2.49 bits per heavy atom. The topological polar surface area (TPSA) is 138 Å². The molecule has 1 saturated heterocycles. The number of ether oxygens (including phenoxy) is 1. The molecule has 0 spiro atoms. The molecule has 47 heavy (non-hydrogen) atoms. The molecule has 2 amide bonds. The second kappa shape index (κ2) is 17.1. The lowest BCUT2D eigenvalue weighted by Gasteiger charge is -2.25. The Labute approximate surface area is 276 Å². The number of nitrogens with zero attached hydrogens (tertiary/aromatic N) is 1. The molecule has 4 rings (SSSR count). The van der Waals surface area contributed by atoms with Gasteiger partial charge in [-0.2, -0.15) is 0 Å². The number of nitrogens with one attached hydrogen (secondary N) is 2. The van der Waals surface area contributed by atoms with Crippen LogP contribution < -0.4 is 10.6 Å². The van der Waals surface area contributed by atoms with E-state index in [1.807, 2.05) is 26.1 Å². The number of furan rings is 1. The minimum atomic E-state index is -1.12. The van der Waals surface area contributed by atoms with Gasteiger partial charge in [-0.25, -0.2) is 14.0 Å². The van der Waals surface area contributed by atoms with Crippen LogP contribution in [-0.4, -0.2) is 72.2 Å². The monoisotopic (exact) mass is 653 g/mol. The van der Waals surface area contributed by atoms with Crippen LogP contribution in [-0.2, 0) is 14.3 Å². The number of likely N-dealkylation sites (tertiary alicyclic amines) is 1. The Hall–Kier alpha value is -4.25. The van der Waals surface area contributed by atoms with E-state index >= 15 is 0 Å². The number of fused-ring (bicyclic) bond motifs is 1. The summed E-state index contributed by atoms with van der Waals surface area (Å²) in [6.45, 7) is 9.53. The minimum Gasteiger partial charge on any atom is -0.475 e. The van der Waals surface area contributed by atoms with Crippen LogP contribution in [0.4, 0.5) is 14.9 Å². The Kier molecular flexibility index (Phi) is 13.5. The van der Waals surface area contributed by atoms with Crippen LogP contribution in [0, 0.1) is 12.8 Å². The van der Waals surface area contributed by atoms with E-state index in [0.717, 1.165) is 32.1 Å². The summed E-state index contributed by atoms with van der Waals surface area (Å²) >= 11 is 0. The van der Waals surface area contributed by atoms with Gasteiger partial charge in [-0.05, 0) is 102 Å². The van der Waals surface area contributed by atoms with Gasteiger partial charge in [0.2, 0.25) is 11.7 Å². The van der Waals surface area contributed by atoms with E-state index in [-0.39, 0.29) is 29.5 Å². The zero-order valence-electron chi connectivity index (χ0n) is 28.2. The lowest BCUT2D eigenvalue weighted by atomic mass is 9.88. The molecule has 1 fully saturated rings. The van der Waals surface area contributed by atoms with Crippen molar-refractivity contribution in [3.63, 3.8) is 0 Å². The average Bonchev–Trinajstić information content (AvgIpc) is 3.62. The highest BCUT2D eigenvalue weighted by Crippen LogP contribution is 2.35. The summed E-state index contributed by atoms with van der Waals surface area (Å²) in [6, 6.07) is 14.0. The molecular formula is C36H48FN3O7. The van der Waals surface area contributed by atoms with Gasteiger partial charge in [0.05, 0.1) is 12.1 Å². The number of alkyl halides is 1. The highest BCUT2D eigenvalue weighted by atomic mass is 19.1. The first-order valence-corrected chi connectivity index (χ1v) is 16.1. The van der Waals surface area contributed by atoms with Gasteiger partial charge in [0.15, 0.2) is 0 Å². The molecule has 11 heteroatoms. The molecule has 10 nitrogen and oxygen atoms in total. The average molecular weight is 654 g/mol. The number of hydrogen-bond donors (Lipinski definition) is 3. The first kappa shape index (κ1) is 37.2. The van der Waals surface area contributed by atoms with E-state index in [1.54, 1.807) is 39.0 Å². The predicted molar refractivity (Wildman–Crippen MR) is 180 cm³/mol. The van der Waals surface area contributed by atoms with Crippen LogP contribution >= 0.6 is 0 Å². The van der Waals surface area contributed by atoms with Crippen molar-refractivity contribution < 1.29 is 37.8 Å². The van der Waals surface area contributed by atoms with Gasteiger partial charge >= 0.3 is 12.1 Å². The van der Waals surface area contributed by atoms with Gasteiger partial charge in [-0.15, -0.1) is 0 Å². The lowest BCUT2D eigenvalue weighted by molar-refractivity contribution is -0.120. The summed E-state index contributed by atoms with van der Waals surface area (Å²) in [4.78, 5) is 48.4. The van der Waals surface area contributed by atoms with E-state index in [2.05, 4.69) is 34.6 Å². The van der Waals surface area contributed by atoms with Crippen LogP contribution in [0.5, 0.6) is 0 Å². The lowest BCUT2D eigenvalue weighted by Crippen LogP contribution is -2.40. The van der Waals surface area contributed by atoms with Crippen LogP contribution in [0.2, 0.25) is 0 Å². The Morgan fingerprint density at radius 2 is 1.87 bits per heavy atom. The van der Waals surface area contributed by atoms with Crippen LogP contribution in [0.3, 0.4) is 0 Å². The molecule has 0 saturated carbocycles. The first-order valence-electron chi connectivity index (χ1n) is 16.1. The summed E-state index contributed by atoms with van der Waals surface area (Å²) in [5.74, 6) is -1.12. The Morgan fingerprint density at radius 1 is 1.15 bits per heavy atom. The molecule has 2 heterocycles. The van der Waals surface area contributed by atoms with E-state index in [0.29, 0.717) is 29.5 Å². The van der Waals surface area contributed by atoms with Crippen LogP contribution in [0.25, 0.3) is 11.0 Å². The summed E-state index contributed by atoms with van der Waals surface area (Å²) in [5, 5.41) is 15.2. The second-order valence-corrected chi connectivity index (χ2v) is 13.1. The molecule has 2 aromatic carbocycles. The predicted octanol–water partition coefficient (Wildman–Crippen LogP) is 7.11. The normalized spacial score (nSPS) is 17.7. The first-order chi connectivity index (χ1) is 22.3. The Bertz CT molecular complexity index is 1520.